The van der Waals surface area contributed by atoms with Crippen molar-refractivity contribution in [2.24, 2.45) is 5.73 Å². The van der Waals surface area contributed by atoms with Gasteiger partial charge in [-0.15, -0.1) is 11.8 Å². The van der Waals surface area contributed by atoms with Gasteiger partial charge in [-0.3, -0.25) is 0 Å². The fourth-order valence-corrected chi connectivity index (χ4v) is 2.29. The Morgan fingerprint density at radius 1 is 1.35 bits per heavy atom. The molecule has 0 saturated carbocycles. The summed E-state index contributed by atoms with van der Waals surface area (Å²) in [6, 6.07) is 7.77. The van der Waals surface area contributed by atoms with Crippen molar-refractivity contribution < 1.29 is 4.74 Å². The molecule has 20 heavy (non-hydrogen) atoms. The van der Waals surface area contributed by atoms with Crippen molar-refractivity contribution in [1.82, 2.24) is 9.97 Å². The van der Waals surface area contributed by atoms with Crippen LogP contribution in [0.1, 0.15) is 12.1 Å². The second-order valence-electron chi connectivity index (χ2n) is 4.15. The monoisotopic (exact) mass is 287 g/mol. The van der Waals surface area contributed by atoms with E-state index in [0.29, 0.717) is 5.88 Å². The van der Waals surface area contributed by atoms with Crippen molar-refractivity contribution in [1.29, 1.82) is 0 Å². The number of nitrogens with two attached hydrogens (primary N) is 1. The molecule has 1 aromatic heterocycles. The summed E-state index contributed by atoms with van der Waals surface area (Å²) in [6.07, 6.45) is 3.05. The highest BCUT2D eigenvalue weighted by atomic mass is 32.2. The van der Waals surface area contributed by atoms with Crippen LogP contribution in [0.25, 0.3) is 11.0 Å². The maximum absolute atomic E-state index is 5.32. The lowest BCUT2D eigenvalue weighted by Gasteiger charge is -2.08. The fraction of sp³-hybridized carbons (Fsp3) is 0.200. The third kappa shape index (κ3) is 3.51. The van der Waals surface area contributed by atoms with Gasteiger partial charge in [-0.1, -0.05) is 18.7 Å². The summed E-state index contributed by atoms with van der Waals surface area (Å²) < 4.78 is 5.32. The van der Waals surface area contributed by atoms with E-state index in [2.05, 4.69) is 16.5 Å². The van der Waals surface area contributed by atoms with Crippen molar-refractivity contribution in [2.45, 2.75) is 12.8 Å². The molecule has 0 radical (unpaired) electrons. The molecule has 0 aliphatic rings. The average molecular weight is 287 g/mol. The zero-order chi connectivity index (χ0) is 14.4. The lowest BCUT2D eigenvalue weighted by molar-refractivity contribution is 0.391. The molecular formula is C15H17N3OS. The number of rotatable bonds is 6. The van der Waals surface area contributed by atoms with Gasteiger partial charge in [-0.2, -0.15) is 0 Å². The van der Waals surface area contributed by atoms with E-state index in [4.69, 9.17) is 10.5 Å². The largest absolute Gasteiger partial charge is 0.480 e. The summed E-state index contributed by atoms with van der Waals surface area (Å²) in [4.78, 5) is 10.1. The number of fused-ring (bicyclic) bond motifs is 1. The maximum Gasteiger partial charge on any atom is 0.235 e. The van der Waals surface area contributed by atoms with Gasteiger partial charge in [0, 0.05) is 6.20 Å². The molecule has 0 aliphatic carbocycles. The highest BCUT2D eigenvalue weighted by Gasteiger charge is 2.09. The van der Waals surface area contributed by atoms with Crippen LogP contribution in [0.15, 0.2) is 47.4 Å². The summed E-state index contributed by atoms with van der Waals surface area (Å²) in [5.74, 6) is 0.580. The molecule has 2 N–H and O–H groups in total. The van der Waals surface area contributed by atoms with Gasteiger partial charge >= 0.3 is 0 Å². The minimum absolute atomic E-state index is 0.580. The van der Waals surface area contributed by atoms with Gasteiger partial charge in [-0.25, -0.2) is 9.97 Å². The number of para-hydroxylation sites is 2. The lowest BCUT2D eigenvalue weighted by Crippen LogP contribution is -2.00. The molecule has 0 unspecified atom stereocenters. The Morgan fingerprint density at radius 2 is 2.05 bits per heavy atom. The van der Waals surface area contributed by atoms with E-state index in [-0.39, 0.29) is 0 Å². The van der Waals surface area contributed by atoms with Gasteiger partial charge in [0.15, 0.2) is 0 Å². The quantitative estimate of drug-likeness (QED) is 0.883. The van der Waals surface area contributed by atoms with Crippen LogP contribution >= 0.6 is 11.8 Å². The lowest BCUT2D eigenvalue weighted by atomic mass is 10.2. The van der Waals surface area contributed by atoms with Crippen LogP contribution in [0.3, 0.4) is 0 Å². The number of nitrogens with zero attached hydrogens (tertiary/aromatic N) is 2. The van der Waals surface area contributed by atoms with Crippen LogP contribution in [0.4, 0.5) is 0 Å². The highest BCUT2D eigenvalue weighted by molar-refractivity contribution is 8.05. The van der Waals surface area contributed by atoms with E-state index in [0.717, 1.165) is 34.5 Å². The van der Waals surface area contributed by atoms with Crippen LogP contribution < -0.4 is 10.5 Å². The minimum atomic E-state index is 0.580. The number of methoxy groups -OCH3 is 1. The van der Waals surface area contributed by atoms with Crippen molar-refractivity contribution in [3.05, 3.63) is 53.1 Å². The molecule has 0 aliphatic heterocycles. The van der Waals surface area contributed by atoms with Crippen LogP contribution in [-0.2, 0) is 6.42 Å². The van der Waals surface area contributed by atoms with Crippen LogP contribution in [-0.4, -0.2) is 17.1 Å². The zero-order valence-corrected chi connectivity index (χ0v) is 12.2. The summed E-state index contributed by atoms with van der Waals surface area (Å²) in [5, 5.41) is 1.81. The second kappa shape index (κ2) is 6.96. The smallest absolute Gasteiger partial charge is 0.235 e. The molecule has 0 atom stereocenters. The number of ether oxygens (including phenoxy) is 1. The van der Waals surface area contributed by atoms with Gasteiger partial charge in [0.1, 0.15) is 5.69 Å². The van der Waals surface area contributed by atoms with Gasteiger partial charge in [-0.05, 0) is 35.3 Å². The number of aryl methyl sites for hydroxylation is 1. The normalized spacial score (nSPS) is 11.1. The number of allylic oxidation sites excluding steroid dienone is 1. The van der Waals surface area contributed by atoms with E-state index >= 15 is 0 Å². The standard InChI is InChI=1S/C15H17N3OS/c1-11(20-10-9-16)7-8-14-15(19-2)18-13-6-4-3-5-12(13)17-14/h3-6,9-10H,1,7-8,16H2,2H3/b10-9-. The molecule has 0 fully saturated rings. The predicted octanol–water partition coefficient (Wildman–Crippen LogP) is 3.25. The number of thioether (sulfide) groups is 1. The first-order valence-electron chi connectivity index (χ1n) is 6.25. The first-order chi connectivity index (χ1) is 9.74. The molecule has 1 aromatic carbocycles. The number of benzene rings is 1. The van der Waals surface area contributed by atoms with E-state index in [1.807, 2.05) is 29.7 Å². The molecule has 5 heteroatoms. The van der Waals surface area contributed by atoms with Gasteiger partial charge in [0.2, 0.25) is 5.88 Å². The Hall–Kier alpha value is -2.01. The topological polar surface area (TPSA) is 61.0 Å². The molecule has 0 saturated heterocycles. The first kappa shape index (κ1) is 14.4. The Morgan fingerprint density at radius 3 is 2.70 bits per heavy atom. The summed E-state index contributed by atoms with van der Waals surface area (Å²) >= 11 is 1.52. The van der Waals surface area contributed by atoms with E-state index in [1.165, 1.54) is 18.0 Å². The predicted molar refractivity (Wildman–Crippen MR) is 84.5 cm³/mol. The first-order valence-corrected chi connectivity index (χ1v) is 7.13. The van der Waals surface area contributed by atoms with E-state index in [9.17, 15) is 0 Å². The van der Waals surface area contributed by atoms with Crippen molar-refractivity contribution in [2.75, 3.05) is 7.11 Å². The minimum Gasteiger partial charge on any atom is -0.480 e. The molecule has 0 spiro atoms. The maximum atomic E-state index is 5.32. The average Bonchev–Trinajstić information content (AvgIpc) is 2.49. The Labute approximate surface area is 122 Å². The van der Waals surface area contributed by atoms with E-state index < -0.39 is 0 Å². The van der Waals surface area contributed by atoms with E-state index in [1.54, 1.807) is 7.11 Å². The van der Waals surface area contributed by atoms with Crippen molar-refractivity contribution >= 4 is 22.8 Å². The van der Waals surface area contributed by atoms with Gasteiger partial charge < -0.3 is 10.5 Å². The van der Waals surface area contributed by atoms with Crippen molar-refractivity contribution in [3.8, 4) is 5.88 Å². The zero-order valence-electron chi connectivity index (χ0n) is 11.4. The van der Waals surface area contributed by atoms with Gasteiger partial charge in [0.05, 0.1) is 18.1 Å². The van der Waals surface area contributed by atoms with Crippen molar-refractivity contribution in [3.63, 3.8) is 0 Å². The second-order valence-corrected chi connectivity index (χ2v) is 5.24. The fourth-order valence-electron chi connectivity index (χ4n) is 1.80. The SMILES string of the molecule is C=C(CCc1nc2ccccc2nc1OC)S/C=C\N. The molecule has 2 aromatic rings. The number of aromatic nitrogens is 2. The number of hydrogen-bond acceptors (Lipinski definition) is 5. The van der Waals surface area contributed by atoms with Crippen LogP contribution in [0.2, 0.25) is 0 Å². The Balaban J connectivity index is 2.18. The van der Waals surface area contributed by atoms with Crippen LogP contribution in [0, 0.1) is 0 Å². The Bertz CT molecular complexity index is 640. The molecular weight excluding hydrogens is 270 g/mol. The van der Waals surface area contributed by atoms with Crippen LogP contribution in [0.5, 0.6) is 5.88 Å². The van der Waals surface area contributed by atoms with Gasteiger partial charge in [0.25, 0.3) is 0 Å². The molecule has 4 nitrogen and oxygen atoms in total. The third-order valence-electron chi connectivity index (χ3n) is 2.75. The molecule has 0 bridgehead atoms. The number of hydrogen-bond donors (Lipinski definition) is 1. The highest BCUT2D eigenvalue weighted by Crippen LogP contribution is 2.24. The summed E-state index contributed by atoms with van der Waals surface area (Å²) in [6.45, 7) is 3.99. The summed E-state index contributed by atoms with van der Waals surface area (Å²) in [7, 11) is 1.61. The molecule has 1 heterocycles. The molecule has 0 amide bonds. The third-order valence-corrected chi connectivity index (χ3v) is 3.58. The molecule has 104 valence electrons. The molecule has 2 rings (SSSR count). The Kier molecular flexibility index (Phi) is 5.01. The summed E-state index contributed by atoms with van der Waals surface area (Å²) in [5.41, 5.74) is 7.88.